The molecule has 5 nitrogen and oxygen atoms in total. The number of benzene rings is 4. The summed E-state index contributed by atoms with van der Waals surface area (Å²) in [6, 6.07) is 28.8. The molecular weight excluding hydrogens is 501 g/mol. The molecule has 0 N–H and O–H groups in total. The van der Waals surface area contributed by atoms with Crippen molar-refractivity contribution in [3.05, 3.63) is 131 Å². The van der Waals surface area contributed by atoms with E-state index in [1.54, 1.807) is 29.1 Å². The number of nitrogens with zero attached hydrogens (tertiary/aromatic N) is 3. The van der Waals surface area contributed by atoms with Crippen LogP contribution in [0.3, 0.4) is 0 Å². The van der Waals surface area contributed by atoms with E-state index in [1.807, 2.05) is 66.7 Å². The van der Waals surface area contributed by atoms with E-state index in [4.69, 9.17) is 11.6 Å². The molecule has 2 amide bonds. The molecule has 4 aromatic carbocycles. The molecule has 5 aromatic rings. The fourth-order valence-corrected chi connectivity index (χ4v) is 5.66. The van der Waals surface area contributed by atoms with Crippen molar-refractivity contribution in [1.29, 1.82) is 0 Å². The molecule has 1 atom stereocenters. The average Bonchev–Trinajstić information content (AvgIpc) is 3.44. The van der Waals surface area contributed by atoms with Crippen LogP contribution in [0.15, 0.2) is 103 Å². The van der Waals surface area contributed by atoms with Gasteiger partial charge >= 0.3 is 0 Å². The van der Waals surface area contributed by atoms with E-state index in [0.717, 1.165) is 22.0 Å². The van der Waals surface area contributed by atoms with E-state index >= 15 is 0 Å². The summed E-state index contributed by atoms with van der Waals surface area (Å²) >= 11 is 6.92. The first-order valence-corrected chi connectivity index (χ1v) is 12.7. The first-order valence-electron chi connectivity index (χ1n) is 12.3. The quantitative estimate of drug-likeness (QED) is 0.247. The first kappa shape index (κ1) is 24.1. The standard InChI is InChI=1S/C31H23ClFN3O2/c32-27-16-28-23(19-34-36(28)25-13-11-24(33)12-14-25)15-26(27)31(17-21-7-3-1-4-8-21)18-29(37)35(30(31)38)20-22-9-5-2-6-10-22/h1-16,19H,17-18,20H2. The number of aromatic nitrogens is 2. The van der Waals surface area contributed by atoms with Gasteiger partial charge in [0, 0.05) is 16.8 Å². The molecule has 0 bridgehead atoms. The van der Waals surface area contributed by atoms with Gasteiger partial charge in [0.1, 0.15) is 5.82 Å². The normalized spacial score (nSPS) is 17.5. The summed E-state index contributed by atoms with van der Waals surface area (Å²) in [6.07, 6.45) is 2.05. The number of halogens is 2. The van der Waals surface area contributed by atoms with Gasteiger partial charge in [-0.1, -0.05) is 72.3 Å². The monoisotopic (exact) mass is 523 g/mol. The molecule has 6 rings (SSSR count). The highest BCUT2D eigenvalue weighted by atomic mass is 35.5. The summed E-state index contributed by atoms with van der Waals surface area (Å²) in [7, 11) is 0. The van der Waals surface area contributed by atoms with Crippen molar-refractivity contribution in [2.24, 2.45) is 0 Å². The highest BCUT2D eigenvalue weighted by molar-refractivity contribution is 6.33. The predicted molar refractivity (Wildman–Crippen MR) is 144 cm³/mol. The van der Waals surface area contributed by atoms with Gasteiger partial charge in [-0.2, -0.15) is 5.10 Å². The number of likely N-dealkylation sites (tertiary alicyclic amines) is 1. The number of carbonyl (C=O) groups excluding carboxylic acids is 2. The van der Waals surface area contributed by atoms with Gasteiger partial charge in [0.25, 0.3) is 0 Å². The minimum atomic E-state index is -1.16. The molecule has 1 saturated heterocycles. The molecule has 1 unspecified atom stereocenters. The van der Waals surface area contributed by atoms with Gasteiger partial charge < -0.3 is 0 Å². The molecule has 188 valence electrons. The smallest absolute Gasteiger partial charge is 0.241 e. The Morgan fingerprint density at radius 2 is 1.53 bits per heavy atom. The Labute approximate surface area is 224 Å². The Bertz CT molecular complexity index is 1650. The van der Waals surface area contributed by atoms with E-state index in [9.17, 15) is 14.0 Å². The van der Waals surface area contributed by atoms with Gasteiger partial charge in [-0.3, -0.25) is 14.5 Å². The van der Waals surface area contributed by atoms with Gasteiger partial charge in [0.15, 0.2) is 0 Å². The van der Waals surface area contributed by atoms with Crippen LogP contribution in [0, 0.1) is 5.82 Å². The summed E-state index contributed by atoms with van der Waals surface area (Å²) < 4.78 is 15.2. The lowest BCUT2D eigenvalue weighted by atomic mass is 9.73. The van der Waals surface area contributed by atoms with Gasteiger partial charge in [-0.15, -0.1) is 0 Å². The summed E-state index contributed by atoms with van der Waals surface area (Å²) in [4.78, 5) is 28.9. The molecule has 38 heavy (non-hydrogen) atoms. The zero-order chi connectivity index (χ0) is 26.3. The van der Waals surface area contributed by atoms with Crippen LogP contribution in [0.25, 0.3) is 16.6 Å². The number of fused-ring (bicyclic) bond motifs is 1. The van der Waals surface area contributed by atoms with E-state index in [0.29, 0.717) is 22.7 Å². The molecule has 1 fully saturated rings. The lowest BCUT2D eigenvalue weighted by molar-refractivity contribution is -0.140. The molecule has 1 aromatic heterocycles. The van der Waals surface area contributed by atoms with Gasteiger partial charge in [0.2, 0.25) is 11.8 Å². The molecule has 2 heterocycles. The van der Waals surface area contributed by atoms with E-state index in [-0.39, 0.29) is 30.6 Å². The zero-order valence-electron chi connectivity index (χ0n) is 20.4. The third-order valence-corrected chi connectivity index (χ3v) is 7.50. The molecular formula is C31H23ClFN3O2. The fraction of sp³-hybridized carbons (Fsp3) is 0.129. The summed E-state index contributed by atoms with van der Waals surface area (Å²) in [5.74, 6) is -0.826. The third-order valence-electron chi connectivity index (χ3n) is 7.18. The van der Waals surface area contributed by atoms with E-state index in [2.05, 4.69) is 5.10 Å². The number of rotatable bonds is 6. The second-order valence-electron chi connectivity index (χ2n) is 9.62. The molecule has 0 saturated carbocycles. The Morgan fingerprint density at radius 3 is 2.21 bits per heavy atom. The van der Waals surface area contributed by atoms with Crippen molar-refractivity contribution in [1.82, 2.24) is 14.7 Å². The predicted octanol–water partition coefficient (Wildman–Crippen LogP) is 6.26. The topological polar surface area (TPSA) is 55.2 Å². The van der Waals surface area contributed by atoms with Crippen LogP contribution >= 0.6 is 11.6 Å². The molecule has 0 aliphatic carbocycles. The van der Waals surface area contributed by atoms with Crippen LogP contribution in [-0.2, 0) is 28.0 Å². The maximum absolute atomic E-state index is 14.2. The summed E-state index contributed by atoms with van der Waals surface area (Å²) in [6.45, 7) is 0.206. The summed E-state index contributed by atoms with van der Waals surface area (Å²) in [5.41, 5.74) is 2.67. The maximum Gasteiger partial charge on any atom is 0.241 e. The Hall–Kier alpha value is -4.29. The number of hydrogen-bond donors (Lipinski definition) is 0. The van der Waals surface area contributed by atoms with Crippen LogP contribution < -0.4 is 0 Å². The SMILES string of the molecule is O=C1CC(Cc2ccccc2)(c2cc3cnn(-c4ccc(F)cc4)c3cc2Cl)C(=O)N1Cc1ccccc1. The maximum atomic E-state index is 14.2. The van der Waals surface area contributed by atoms with Gasteiger partial charge in [-0.25, -0.2) is 9.07 Å². The van der Waals surface area contributed by atoms with Crippen LogP contribution in [0.2, 0.25) is 5.02 Å². The second kappa shape index (κ2) is 9.54. The minimum Gasteiger partial charge on any atom is -0.277 e. The van der Waals surface area contributed by atoms with Crippen molar-refractivity contribution >= 4 is 34.3 Å². The minimum absolute atomic E-state index is 0.0187. The van der Waals surface area contributed by atoms with E-state index in [1.165, 1.54) is 17.0 Å². The highest BCUT2D eigenvalue weighted by Gasteiger charge is 2.53. The lowest BCUT2D eigenvalue weighted by Gasteiger charge is -2.29. The highest BCUT2D eigenvalue weighted by Crippen LogP contribution is 2.44. The average molecular weight is 524 g/mol. The van der Waals surface area contributed by atoms with Crippen molar-refractivity contribution in [3.8, 4) is 5.69 Å². The lowest BCUT2D eigenvalue weighted by Crippen LogP contribution is -2.40. The van der Waals surface area contributed by atoms with Gasteiger partial charge in [0.05, 0.1) is 29.4 Å². The molecule has 1 aliphatic rings. The van der Waals surface area contributed by atoms with Crippen LogP contribution in [0.4, 0.5) is 4.39 Å². The van der Waals surface area contributed by atoms with Crippen molar-refractivity contribution in [2.45, 2.75) is 24.8 Å². The summed E-state index contributed by atoms with van der Waals surface area (Å²) in [5, 5.41) is 5.63. The molecule has 7 heteroatoms. The Morgan fingerprint density at radius 1 is 0.868 bits per heavy atom. The van der Waals surface area contributed by atoms with Crippen LogP contribution in [0.1, 0.15) is 23.1 Å². The molecule has 0 spiro atoms. The second-order valence-corrected chi connectivity index (χ2v) is 10.0. The number of hydrogen-bond acceptors (Lipinski definition) is 3. The number of amides is 2. The van der Waals surface area contributed by atoms with Crippen molar-refractivity contribution in [3.63, 3.8) is 0 Å². The molecule has 1 aliphatic heterocycles. The van der Waals surface area contributed by atoms with E-state index < -0.39 is 5.41 Å². The number of imide groups is 1. The Kier molecular flexibility index (Phi) is 6.04. The van der Waals surface area contributed by atoms with Crippen molar-refractivity contribution in [2.75, 3.05) is 0 Å². The zero-order valence-corrected chi connectivity index (χ0v) is 21.1. The largest absolute Gasteiger partial charge is 0.277 e. The van der Waals surface area contributed by atoms with Gasteiger partial charge in [-0.05, 0) is 59.5 Å². The van der Waals surface area contributed by atoms with Crippen LogP contribution in [-0.4, -0.2) is 26.5 Å². The van der Waals surface area contributed by atoms with Crippen LogP contribution in [0.5, 0.6) is 0 Å². The fourth-order valence-electron chi connectivity index (χ4n) is 5.32. The molecule has 0 radical (unpaired) electrons. The third kappa shape index (κ3) is 4.17. The Balaban J connectivity index is 1.47. The number of carbonyl (C=O) groups is 2. The first-order chi connectivity index (χ1) is 18.4. The van der Waals surface area contributed by atoms with Crippen molar-refractivity contribution < 1.29 is 14.0 Å².